The second kappa shape index (κ2) is 7.41. The van der Waals surface area contributed by atoms with E-state index in [0.717, 1.165) is 36.4 Å². The first-order chi connectivity index (χ1) is 15.2. The fraction of sp³-hybridized carbons (Fsp3) is 0.417. The van der Waals surface area contributed by atoms with E-state index < -0.39 is 0 Å². The van der Waals surface area contributed by atoms with Crippen LogP contribution in [-0.2, 0) is 0 Å². The number of anilines is 1. The van der Waals surface area contributed by atoms with Crippen molar-refractivity contribution in [1.82, 2.24) is 25.3 Å². The zero-order valence-electron chi connectivity index (χ0n) is 19.1. The van der Waals surface area contributed by atoms with Crippen molar-refractivity contribution in [2.24, 2.45) is 0 Å². The van der Waals surface area contributed by atoms with Crippen LogP contribution in [0, 0.1) is 13.8 Å². The molecule has 8 nitrogen and oxygen atoms in total. The minimum Gasteiger partial charge on any atom is -0.505 e. The van der Waals surface area contributed by atoms with Crippen LogP contribution < -0.4 is 10.2 Å². The standard InChI is InChI=1S/C24H28N6O2/c1-13-20-23(32-14(2)25-20)28-21(22(13)31)18-7-6-17-16(26-18)8-9-19(27-17)30-11-10-15(12-30)29-24(3,4)5/h6-9,15,29,31H,10-12H2,1-5H3/t15-/m0/s1. The Morgan fingerprint density at radius 3 is 2.56 bits per heavy atom. The molecule has 1 atom stereocenters. The molecule has 32 heavy (non-hydrogen) atoms. The van der Waals surface area contributed by atoms with Gasteiger partial charge in [-0.15, -0.1) is 0 Å². The van der Waals surface area contributed by atoms with Gasteiger partial charge in [-0.2, -0.15) is 0 Å². The zero-order valence-corrected chi connectivity index (χ0v) is 19.1. The minimum absolute atomic E-state index is 0.0664. The number of nitrogens with zero attached hydrogens (tertiary/aromatic N) is 5. The summed E-state index contributed by atoms with van der Waals surface area (Å²) in [5, 5.41) is 14.4. The summed E-state index contributed by atoms with van der Waals surface area (Å²) in [4.78, 5) is 20.6. The third kappa shape index (κ3) is 3.75. The summed E-state index contributed by atoms with van der Waals surface area (Å²) >= 11 is 0. The highest BCUT2D eigenvalue weighted by Crippen LogP contribution is 2.34. The Labute approximate surface area is 186 Å². The van der Waals surface area contributed by atoms with Crippen molar-refractivity contribution < 1.29 is 9.52 Å². The molecule has 1 saturated heterocycles. The van der Waals surface area contributed by atoms with Gasteiger partial charge in [0.2, 0.25) is 5.71 Å². The molecule has 166 valence electrons. The molecule has 0 bridgehead atoms. The Kier molecular flexibility index (Phi) is 4.78. The lowest BCUT2D eigenvalue weighted by atomic mass is 10.1. The monoisotopic (exact) mass is 432 g/mol. The lowest BCUT2D eigenvalue weighted by Crippen LogP contribution is -2.44. The number of aromatic hydroxyl groups is 1. The van der Waals surface area contributed by atoms with Crippen LogP contribution in [0.2, 0.25) is 0 Å². The average molecular weight is 433 g/mol. The zero-order chi connectivity index (χ0) is 22.6. The molecule has 4 aromatic heterocycles. The first kappa shape index (κ1) is 20.6. The lowest BCUT2D eigenvalue weighted by Gasteiger charge is -2.26. The van der Waals surface area contributed by atoms with Gasteiger partial charge >= 0.3 is 0 Å². The van der Waals surface area contributed by atoms with Crippen LogP contribution >= 0.6 is 0 Å². The van der Waals surface area contributed by atoms with Gasteiger partial charge in [-0.1, -0.05) is 0 Å². The Morgan fingerprint density at radius 1 is 1.03 bits per heavy atom. The molecule has 8 heteroatoms. The van der Waals surface area contributed by atoms with Crippen molar-refractivity contribution in [3.63, 3.8) is 0 Å². The van der Waals surface area contributed by atoms with Crippen LogP contribution in [0.3, 0.4) is 0 Å². The number of hydrogen-bond acceptors (Lipinski definition) is 8. The Hall–Kier alpha value is -3.26. The molecular weight excluding hydrogens is 404 g/mol. The molecule has 2 N–H and O–H groups in total. The highest BCUT2D eigenvalue weighted by Gasteiger charge is 2.26. The van der Waals surface area contributed by atoms with E-state index in [1.54, 1.807) is 13.8 Å². The molecule has 0 saturated carbocycles. The molecule has 1 fully saturated rings. The highest BCUT2D eigenvalue weighted by atomic mass is 16.4. The summed E-state index contributed by atoms with van der Waals surface area (Å²) in [6.07, 6.45) is 1.10. The summed E-state index contributed by atoms with van der Waals surface area (Å²) in [7, 11) is 0. The van der Waals surface area contributed by atoms with Crippen molar-refractivity contribution in [3.8, 4) is 17.1 Å². The normalized spacial score (nSPS) is 17.0. The smallest absolute Gasteiger partial charge is 0.248 e. The average Bonchev–Trinajstić information content (AvgIpc) is 3.34. The van der Waals surface area contributed by atoms with Crippen molar-refractivity contribution in [3.05, 3.63) is 35.7 Å². The van der Waals surface area contributed by atoms with Gasteiger partial charge in [0, 0.05) is 37.2 Å². The van der Waals surface area contributed by atoms with Crippen LogP contribution in [0.5, 0.6) is 5.75 Å². The number of aromatic nitrogens is 4. The minimum atomic E-state index is 0.0664. The van der Waals surface area contributed by atoms with Gasteiger partial charge in [-0.25, -0.2) is 19.9 Å². The van der Waals surface area contributed by atoms with E-state index in [1.807, 2.05) is 24.3 Å². The molecule has 1 aliphatic heterocycles. The van der Waals surface area contributed by atoms with Gasteiger partial charge in [0.25, 0.3) is 0 Å². The third-order valence-corrected chi connectivity index (χ3v) is 5.78. The van der Waals surface area contributed by atoms with Crippen LogP contribution in [-0.4, -0.2) is 49.7 Å². The quantitative estimate of drug-likeness (QED) is 0.499. The predicted molar refractivity (Wildman–Crippen MR) is 125 cm³/mol. The van der Waals surface area contributed by atoms with Gasteiger partial charge < -0.3 is 19.7 Å². The molecule has 0 aliphatic carbocycles. The lowest BCUT2D eigenvalue weighted by molar-refractivity contribution is 0.373. The summed E-state index contributed by atoms with van der Waals surface area (Å²) in [6.45, 7) is 12.1. The molecular formula is C24H28N6O2. The number of aryl methyl sites for hydroxylation is 2. The maximum Gasteiger partial charge on any atom is 0.248 e. The first-order valence-electron chi connectivity index (χ1n) is 11.0. The molecule has 0 amide bonds. The summed E-state index contributed by atoms with van der Waals surface area (Å²) in [5.41, 5.74) is 4.21. The Balaban J connectivity index is 1.45. The van der Waals surface area contributed by atoms with Crippen molar-refractivity contribution in [1.29, 1.82) is 0 Å². The fourth-order valence-electron chi connectivity index (χ4n) is 4.36. The maximum atomic E-state index is 10.7. The highest BCUT2D eigenvalue weighted by molar-refractivity contribution is 5.84. The van der Waals surface area contributed by atoms with Crippen LogP contribution in [0.25, 0.3) is 33.7 Å². The van der Waals surface area contributed by atoms with E-state index >= 15 is 0 Å². The van der Waals surface area contributed by atoms with Crippen LogP contribution in [0.1, 0.15) is 38.6 Å². The third-order valence-electron chi connectivity index (χ3n) is 5.78. The van der Waals surface area contributed by atoms with E-state index in [0.29, 0.717) is 40.1 Å². The molecule has 0 unspecified atom stereocenters. The van der Waals surface area contributed by atoms with Gasteiger partial charge in [0.1, 0.15) is 22.8 Å². The van der Waals surface area contributed by atoms with Gasteiger partial charge in [0.15, 0.2) is 5.89 Å². The molecule has 0 aromatic carbocycles. The number of oxazole rings is 1. The van der Waals surface area contributed by atoms with E-state index in [9.17, 15) is 5.11 Å². The number of fused-ring (bicyclic) bond motifs is 2. The van der Waals surface area contributed by atoms with Gasteiger partial charge in [-0.05, 0) is 58.4 Å². The largest absolute Gasteiger partial charge is 0.505 e. The Morgan fingerprint density at radius 2 is 1.78 bits per heavy atom. The predicted octanol–water partition coefficient (Wildman–Crippen LogP) is 4.12. The number of pyridine rings is 3. The maximum absolute atomic E-state index is 10.7. The molecule has 0 radical (unpaired) electrons. The summed E-state index contributed by atoms with van der Waals surface area (Å²) in [5.74, 6) is 1.54. The molecule has 1 aliphatic rings. The molecule has 5 rings (SSSR count). The van der Waals surface area contributed by atoms with E-state index in [2.05, 4.69) is 41.0 Å². The second-order valence-corrected chi connectivity index (χ2v) is 9.55. The number of hydrogen-bond donors (Lipinski definition) is 2. The molecule has 5 heterocycles. The fourth-order valence-corrected chi connectivity index (χ4v) is 4.36. The van der Waals surface area contributed by atoms with Crippen molar-refractivity contribution in [2.75, 3.05) is 18.0 Å². The summed E-state index contributed by atoms with van der Waals surface area (Å²) in [6, 6.07) is 8.21. The topological polar surface area (TPSA) is 100 Å². The van der Waals surface area contributed by atoms with Gasteiger partial charge in [-0.3, -0.25) is 0 Å². The number of rotatable bonds is 3. The second-order valence-electron chi connectivity index (χ2n) is 9.55. The van der Waals surface area contributed by atoms with Crippen LogP contribution in [0.4, 0.5) is 5.82 Å². The summed E-state index contributed by atoms with van der Waals surface area (Å²) < 4.78 is 5.58. The molecule has 0 spiro atoms. The van der Waals surface area contributed by atoms with E-state index in [-0.39, 0.29) is 11.3 Å². The molecule has 4 aromatic rings. The van der Waals surface area contributed by atoms with E-state index in [4.69, 9.17) is 14.4 Å². The van der Waals surface area contributed by atoms with Crippen molar-refractivity contribution >= 4 is 28.1 Å². The van der Waals surface area contributed by atoms with Gasteiger partial charge in [0.05, 0.1) is 16.7 Å². The van der Waals surface area contributed by atoms with E-state index in [1.165, 1.54) is 0 Å². The number of nitrogens with one attached hydrogen (secondary N) is 1. The first-order valence-corrected chi connectivity index (χ1v) is 11.0. The SMILES string of the molecule is Cc1nc2c(C)c(O)c(-c3ccc4nc(N5CC[C@H](NC(C)(C)C)C5)ccc4n3)nc2o1. The Bertz CT molecular complexity index is 1320. The van der Waals surface area contributed by atoms with Crippen molar-refractivity contribution in [2.45, 2.75) is 52.6 Å². The van der Waals surface area contributed by atoms with Crippen LogP contribution in [0.15, 0.2) is 28.7 Å².